The molecule has 3 aliphatic rings. The van der Waals surface area contributed by atoms with Gasteiger partial charge in [0.05, 0.1) is 95.5 Å². The van der Waals surface area contributed by atoms with Gasteiger partial charge in [-0.3, -0.25) is 24.5 Å². The van der Waals surface area contributed by atoms with Crippen LogP contribution in [0.3, 0.4) is 0 Å². The molecule has 4 aromatic rings. The number of aryl methyl sites for hydroxylation is 2. The Morgan fingerprint density at radius 2 is 1.52 bits per heavy atom. The van der Waals surface area contributed by atoms with Crippen molar-refractivity contribution >= 4 is 28.2 Å². The van der Waals surface area contributed by atoms with Gasteiger partial charge in [0.2, 0.25) is 0 Å². The van der Waals surface area contributed by atoms with E-state index in [0.29, 0.717) is 102 Å². The molecule has 2 aliphatic heterocycles. The molecule has 14 nitrogen and oxygen atoms in total. The molecule has 2 atom stereocenters. The standard InChI is InChI=1S/C50H65FN6O8/c1-4-18-60-20-22-62-24-26-64-27-25-63-23-21-61-19-14-49(58)65-44-8-6-17-55(36-44)48-30-47-45(29-46(48)51)50(59)40(34-57(47)41-11-12-41)33-56(32-39-13-15-52-38(3)28-39)43-7-5-16-54(35-43)42-10-9-37(2)53-31-42/h1,9-10,13,15,28-31,34,41,43-44H,5-8,11-12,14,16-27,32-33,35-36H2,2-3H3/t43-,44-/m0/s1. The molecular weight excluding hydrogens is 832 g/mol. The highest BCUT2D eigenvalue weighted by Gasteiger charge is 2.31. The first kappa shape index (κ1) is 48.0. The van der Waals surface area contributed by atoms with E-state index in [9.17, 15) is 9.59 Å². The number of esters is 1. The van der Waals surface area contributed by atoms with Gasteiger partial charge in [0.15, 0.2) is 5.43 Å². The molecule has 0 N–H and O–H groups in total. The van der Waals surface area contributed by atoms with Crippen LogP contribution in [0.4, 0.5) is 15.8 Å². The van der Waals surface area contributed by atoms with Crippen LogP contribution in [-0.4, -0.2) is 130 Å². The quantitative estimate of drug-likeness (QED) is 0.0428. The summed E-state index contributed by atoms with van der Waals surface area (Å²) in [5.74, 6) is 1.60. The lowest BCUT2D eigenvalue weighted by atomic mass is 10.0. The Kier molecular flexibility index (Phi) is 18.1. The third-order valence-electron chi connectivity index (χ3n) is 12.1. The molecule has 7 rings (SSSR count). The van der Waals surface area contributed by atoms with Crippen molar-refractivity contribution in [3.05, 3.63) is 93.5 Å². The average Bonchev–Trinajstić information content (AvgIpc) is 4.16. The zero-order valence-electron chi connectivity index (χ0n) is 38.1. The van der Waals surface area contributed by atoms with E-state index in [2.05, 4.69) is 48.5 Å². The Bertz CT molecular complexity index is 2250. The molecule has 1 aromatic carbocycles. The Morgan fingerprint density at radius 1 is 0.815 bits per heavy atom. The SMILES string of the molecule is C#CCOCCOCCOCCOCCOCCC(=O)O[C@H]1CCCN(c2cc3c(cc2F)c(=O)c(CN(Cc2ccnc(C)c2)[C@H]2CCCN(c4ccc(C)nc4)C2)cn3C2CC2)C1. The van der Waals surface area contributed by atoms with Crippen LogP contribution in [0.1, 0.15) is 73.5 Å². The summed E-state index contributed by atoms with van der Waals surface area (Å²) >= 11 is 0. The molecule has 65 heavy (non-hydrogen) atoms. The van der Waals surface area contributed by atoms with Crippen molar-refractivity contribution in [3.63, 3.8) is 0 Å². The minimum atomic E-state index is -0.450. The molecule has 0 radical (unpaired) electrons. The van der Waals surface area contributed by atoms with Crippen molar-refractivity contribution in [2.75, 3.05) is 102 Å². The second kappa shape index (κ2) is 24.5. The molecule has 0 amide bonds. The van der Waals surface area contributed by atoms with E-state index in [1.54, 1.807) is 0 Å². The van der Waals surface area contributed by atoms with Crippen molar-refractivity contribution in [2.24, 2.45) is 0 Å². The van der Waals surface area contributed by atoms with Crippen LogP contribution in [0.15, 0.2) is 59.8 Å². The monoisotopic (exact) mass is 896 g/mol. The minimum absolute atomic E-state index is 0.108. The maximum absolute atomic E-state index is 16.3. The summed E-state index contributed by atoms with van der Waals surface area (Å²) in [4.78, 5) is 43.1. The first-order chi connectivity index (χ1) is 31.7. The molecular formula is C50H65FN6O8. The van der Waals surface area contributed by atoms with E-state index in [1.807, 2.05) is 49.5 Å². The summed E-state index contributed by atoms with van der Waals surface area (Å²) in [6.07, 6.45) is 16.1. The maximum Gasteiger partial charge on any atom is 0.308 e. The third kappa shape index (κ3) is 14.3. The number of pyridine rings is 3. The number of carbonyl (C=O) groups is 1. The molecule has 15 heteroatoms. The van der Waals surface area contributed by atoms with Gasteiger partial charge in [-0.2, -0.15) is 0 Å². The van der Waals surface area contributed by atoms with Crippen LogP contribution in [0.25, 0.3) is 10.9 Å². The molecule has 0 unspecified atom stereocenters. The molecule has 0 spiro atoms. The summed E-state index contributed by atoms with van der Waals surface area (Å²) in [6.45, 7) is 11.8. The van der Waals surface area contributed by atoms with Crippen molar-refractivity contribution in [3.8, 4) is 12.3 Å². The second-order valence-corrected chi connectivity index (χ2v) is 17.2. The molecule has 3 aromatic heterocycles. The summed E-state index contributed by atoms with van der Waals surface area (Å²) < 4.78 is 51.5. The first-order valence-corrected chi connectivity index (χ1v) is 23.2. The Balaban J connectivity index is 0.935. The van der Waals surface area contributed by atoms with Crippen LogP contribution in [0.5, 0.6) is 0 Å². The number of halogens is 1. The molecule has 2 saturated heterocycles. The number of nitrogens with zero attached hydrogens (tertiary/aromatic N) is 6. The van der Waals surface area contributed by atoms with Gasteiger partial charge in [-0.15, -0.1) is 6.42 Å². The number of rotatable bonds is 25. The predicted molar refractivity (Wildman–Crippen MR) is 248 cm³/mol. The number of anilines is 2. The number of fused-ring (bicyclic) bond motifs is 1. The van der Waals surface area contributed by atoms with Crippen molar-refractivity contribution in [1.82, 2.24) is 19.4 Å². The van der Waals surface area contributed by atoms with Gasteiger partial charge in [0, 0.05) is 79.5 Å². The van der Waals surface area contributed by atoms with E-state index in [0.717, 1.165) is 73.3 Å². The lowest BCUT2D eigenvalue weighted by Gasteiger charge is -2.40. The van der Waals surface area contributed by atoms with Gasteiger partial charge in [-0.05, 0) is 94.3 Å². The Labute approximate surface area is 382 Å². The van der Waals surface area contributed by atoms with Crippen LogP contribution < -0.4 is 15.2 Å². The van der Waals surface area contributed by atoms with Crippen molar-refractivity contribution in [1.29, 1.82) is 0 Å². The molecule has 5 heterocycles. The number of aromatic nitrogens is 3. The highest BCUT2D eigenvalue weighted by atomic mass is 19.1. The summed E-state index contributed by atoms with van der Waals surface area (Å²) in [5, 5.41) is 0.394. The summed E-state index contributed by atoms with van der Waals surface area (Å²) in [7, 11) is 0. The number of ether oxygens (including phenoxy) is 6. The van der Waals surface area contributed by atoms with E-state index in [-0.39, 0.29) is 49.2 Å². The number of carbonyl (C=O) groups excluding carboxylic acids is 1. The average molecular weight is 897 g/mol. The van der Waals surface area contributed by atoms with Gasteiger partial charge in [0.1, 0.15) is 18.5 Å². The van der Waals surface area contributed by atoms with Crippen LogP contribution in [-0.2, 0) is 46.3 Å². The van der Waals surface area contributed by atoms with E-state index in [4.69, 9.17) is 34.8 Å². The van der Waals surface area contributed by atoms with Crippen LogP contribution >= 0.6 is 0 Å². The van der Waals surface area contributed by atoms with E-state index < -0.39 is 5.82 Å². The number of terminal acetylenes is 1. The topological polar surface area (TPSA) is 130 Å². The van der Waals surface area contributed by atoms with Gasteiger partial charge < -0.3 is 42.8 Å². The normalized spacial score (nSPS) is 17.8. The minimum Gasteiger partial charge on any atom is -0.460 e. The van der Waals surface area contributed by atoms with Gasteiger partial charge in [-0.25, -0.2) is 4.39 Å². The zero-order chi connectivity index (χ0) is 45.4. The van der Waals surface area contributed by atoms with Gasteiger partial charge in [-0.1, -0.05) is 5.92 Å². The molecule has 1 aliphatic carbocycles. The van der Waals surface area contributed by atoms with E-state index >= 15 is 4.39 Å². The predicted octanol–water partition coefficient (Wildman–Crippen LogP) is 6.17. The Hall–Kier alpha value is -4.95. The zero-order valence-corrected chi connectivity index (χ0v) is 38.1. The van der Waals surface area contributed by atoms with Crippen molar-refractivity contribution in [2.45, 2.75) is 90.1 Å². The molecule has 1 saturated carbocycles. The fourth-order valence-electron chi connectivity index (χ4n) is 8.69. The van der Waals surface area contributed by atoms with Gasteiger partial charge >= 0.3 is 5.97 Å². The second-order valence-electron chi connectivity index (χ2n) is 17.2. The van der Waals surface area contributed by atoms with E-state index in [1.165, 1.54) is 6.07 Å². The molecule has 0 bridgehead atoms. The molecule has 350 valence electrons. The fraction of sp³-hybridized carbons (Fsp3) is 0.560. The van der Waals surface area contributed by atoms with Gasteiger partial charge in [0.25, 0.3) is 0 Å². The highest BCUT2D eigenvalue weighted by Crippen LogP contribution is 2.39. The third-order valence-corrected chi connectivity index (χ3v) is 12.1. The highest BCUT2D eigenvalue weighted by molar-refractivity contribution is 5.84. The smallest absolute Gasteiger partial charge is 0.308 e. The number of hydrogen-bond acceptors (Lipinski definition) is 13. The Morgan fingerprint density at radius 3 is 2.22 bits per heavy atom. The van der Waals surface area contributed by atoms with Crippen LogP contribution in [0.2, 0.25) is 0 Å². The first-order valence-electron chi connectivity index (χ1n) is 23.2. The maximum atomic E-state index is 16.3. The van der Waals surface area contributed by atoms with Crippen molar-refractivity contribution < 1.29 is 37.6 Å². The summed E-state index contributed by atoms with van der Waals surface area (Å²) in [6, 6.07) is 12.0. The lowest BCUT2D eigenvalue weighted by Crippen LogP contribution is -2.48. The largest absolute Gasteiger partial charge is 0.460 e. The summed E-state index contributed by atoms with van der Waals surface area (Å²) in [5.41, 5.74) is 5.87. The molecule has 3 fully saturated rings. The lowest BCUT2D eigenvalue weighted by molar-refractivity contribution is -0.150. The fourth-order valence-corrected chi connectivity index (χ4v) is 8.69. The number of piperidine rings is 2. The number of benzene rings is 1. The number of hydrogen-bond donors (Lipinski definition) is 0. The van der Waals surface area contributed by atoms with Crippen LogP contribution in [0, 0.1) is 32.0 Å².